The number of nitrogens with two attached hydrogens (primary N) is 1. The number of pyridine rings is 1. The smallest absolute Gasteiger partial charge is 0.276 e. The van der Waals surface area contributed by atoms with Crippen LogP contribution in [0.4, 0.5) is 0 Å². The van der Waals surface area contributed by atoms with E-state index in [1.165, 1.54) is 13.3 Å². The van der Waals surface area contributed by atoms with Gasteiger partial charge in [-0.2, -0.15) is 0 Å². The van der Waals surface area contributed by atoms with E-state index in [-0.39, 0.29) is 5.56 Å². The number of fused-ring (bicyclic) bond motifs is 1. The number of nitrogens with zero attached hydrogens (tertiary/aromatic N) is 1. The van der Waals surface area contributed by atoms with Crippen molar-refractivity contribution >= 4 is 10.8 Å². The Hall–Kier alpha value is -2.17. The predicted octanol–water partition coefficient (Wildman–Crippen LogP) is 0.733. The molecule has 84 valence electrons. The number of aromatic nitrogens is 1. The van der Waals surface area contributed by atoms with Crippen molar-refractivity contribution in [3.63, 3.8) is 0 Å². The molecule has 0 spiro atoms. The summed E-state index contributed by atoms with van der Waals surface area (Å²) in [7, 11) is 3.07. The molecule has 2 aromatic rings. The molecule has 0 aliphatic rings. The third-order valence-corrected chi connectivity index (χ3v) is 2.44. The third kappa shape index (κ3) is 1.46. The summed E-state index contributed by atoms with van der Waals surface area (Å²) in [6.45, 7) is 0. The SMILES string of the molecule is COc1cc2ccn(N)c(=O)c2cc1OC. The van der Waals surface area contributed by atoms with Gasteiger partial charge in [-0.15, -0.1) is 0 Å². The van der Waals surface area contributed by atoms with E-state index in [2.05, 4.69) is 0 Å². The molecule has 16 heavy (non-hydrogen) atoms. The zero-order chi connectivity index (χ0) is 11.7. The summed E-state index contributed by atoms with van der Waals surface area (Å²) in [4.78, 5) is 11.7. The van der Waals surface area contributed by atoms with Crippen LogP contribution in [0.5, 0.6) is 11.5 Å². The average Bonchev–Trinajstić information content (AvgIpc) is 2.32. The summed E-state index contributed by atoms with van der Waals surface area (Å²) in [5, 5.41) is 1.27. The Morgan fingerprint density at radius 1 is 1.19 bits per heavy atom. The highest BCUT2D eigenvalue weighted by Gasteiger charge is 2.08. The molecule has 0 atom stereocenters. The Balaban J connectivity index is 2.84. The van der Waals surface area contributed by atoms with Crippen LogP contribution in [0.3, 0.4) is 0 Å². The topological polar surface area (TPSA) is 66.5 Å². The first-order chi connectivity index (χ1) is 7.67. The standard InChI is InChI=1S/C11H12N2O3/c1-15-9-5-7-3-4-13(12)11(14)8(7)6-10(9)16-2/h3-6H,12H2,1-2H3. The summed E-state index contributed by atoms with van der Waals surface area (Å²) >= 11 is 0. The van der Waals surface area contributed by atoms with E-state index < -0.39 is 0 Å². The molecular weight excluding hydrogens is 208 g/mol. The van der Waals surface area contributed by atoms with Crippen molar-refractivity contribution in [2.75, 3.05) is 20.1 Å². The maximum Gasteiger partial charge on any atom is 0.276 e. The van der Waals surface area contributed by atoms with Crippen molar-refractivity contribution in [3.8, 4) is 11.5 Å². The Morgan fingerprint density at radius 3 is 2.44 bits per heavy atom. The minimum atomic E-state index is -0.265. The molecule has 1 aromatic carbocycles. The molecule has 0 amide bonds. The van der Waals surface area contributed by atoms with Gasteiger partial charge in [-0.05, 0) is 23.6 Å². The lowest BCUT2D eigenvalue weighted by atomic mass is 10.1. The first kappa shape index (κ1) is 10.4. The van der Waals surface area contributed by atoms with E-state index in [4.69, 9.17) is 15.3 Å². The maximum atomic E-state index is 11.7. The molecule has 5 heteroatoms. The van der Waals surface area contributed by atoms with Crippen LogP contribution in [0.2, 0.25) is 0 Å². The van der Waals surface area contributed by atoms with Crippen molar-refractivity contribution in [2.45, 2.75) is 0 Å². The van der Waals surface area contributed by atoms with E-state index in [1.54, 1.807) is 25.3 Å². The molecule has 0 radical (unpaired) electrons. The maximum absolute atomic E-state index is 11.7. The van der Waals surface area contributed by atoms with Gasteiger partial charge in [-0.1, -0.05) is 0 Å². The van der Waals surface area contributed by atoms with Crippen LogP contribution in [0.1, 0.15) is 0 Å². The van der Waals surface area contributed by atoms with Crippen LogP contribution in [0.15, 0.2) is 29.2 Å². The number of nitrogen functional groups attached to an aromatic ring is 1. The van der Waals surface area contributed by atoms with Crippen LogP contribution >= 0.6 is 0 Å². The van der Waals surface area contributed by atoms with Gasteiger partial charge in [0.15, 0.2) is 11.5 Å². The van der Waals surface area contributed by atoms with Gasteiger partial charge < -0.3 is 15.3 Å². The molecule has 1 heterocycles. The van der Waals surface area contributed by atoms with Gasteiger partial charge in [0, 0.05) is 6.20 Å². The first-order valence-corrected chi connectivity index (χ1v) is 4.70. The van der Waals surface area contributed by atoms with E-state index >= 15 is 0 Å². The van der Waals surface area contributed by atoms with Gasteiger partial charge in [0.05, 0.1) is 19.6 Å². The Kier molecular flexibility index (Phi) is 2.44. The van der Waals surface area contributed by atoms with Crippen molar-refractivity contribution in [1.82, 2.24) is 4.68 Å². The number of benzene rings is 1. The fourth-order valence-corrected chi connectivity index (χ4v) is 1.59. The van der Waals surface area contributed by atoms with Crippen LogP contribution in [-0.2, 0) is 0 Å². The second-order valence-electron chi connectivity index (χ2n) is 3.32. The molecule has 0 bridgehead atoms. The highest BCUT2D eigenvalue weighted by Crippen LogP contribution is 2.30. The molecular formula is C11H12N2O3. The largest absolute Gasteiger partial charge is 0.493 e. The molecule has 0 aliphatic heterocycles. The number of hydrogen-bond donors (Lipinski definition) is 1. The van der Waals surface area contributed by atoms with Gasteiger partial charge in [-0.25, -0.2) is 4.68 Å². The Morgan fingerprint density at radius 2 is 1.81 bits per heavy atom. The fraction of sp³-hybridized carbons (Fsp3) is 0.182. The Bertz CT molecular complexity index is 590. The molecule has 5 nitrogen and oxygen atoms in total. The number of rotatable bonds is 2. The van der Waals surface area contributed by atoms with Gasteiger partial charge >= 0.3 is 0 Å². The normalized spacial score (nSPS) is 10.4. The third-order valence-electron chi connectivity index (χ3n) is 2.44. The Labute approximate surface area is 92.0 Å². The highest BCUT2D eigenvalue weighted by atomic mass is 16.5. The lowest BCUT2D eigenvalue weighted by Gasteiger charge is -2.09. The minimum Gasteiger partial charge on any atom is -0.493 e. The highest BCUT2D eigenvalue weighted by molar-refractivity contribution is 5.85. The van der Waals surface area contributed by atoms with Gasteiger partial charge in [0.25, 0.3) is 5.56 Å². The van der Waals surface area contributed by atoms with Crippen molar-refractivity contribution in [1.29, 1.82) is 0 Å². The second kappa shape index (κ2) is 3.77. The van der Waals surface area contributed by atoms with Crippen molar-refractivity contribution < 1.29 is 9.47 Å². The van der Waals surface area contributed by atoms with Crippen molar-refractivity contribution in [3.05, 3.63) is 34.7 Å². The zero-order valence-electron chi connectivity index (χ0n) is 9.06. The van der Waals surface area contributed by atoms with E-state index in [9.17, 15) is 4.79 Å². The summed E-state index contributed by atoms with van der Waals surface area (Å²) in [5.41, 5.74) is -0.265. The molecule has 2 rings (SSSR count). The molecule has 0 unspecified atom stereocenters. The quantitative estimate of drug-likeness (QED) is 0.758. The number of hydrogen-bond acceptors (Lipinski definition) is 4. The second-order valence-corrected chi connectivity index (χ2v) is 3.32. The van der Waals surface area contributed by atoms with Crippen molar-refractivity contribution in [2.24, 2.45) is 0 Å². The van der Waals surface area contributed by atoms with Crippen LogP contribution < -0.4 is 20.9 Å². The fourth-order valence-electron chi connectivity index (χ4n) is 1.59. The van der Waals surface area contributed by atoms with Gasteiger partial charge in [0.1, 0.15) is 0 Å². The predicted molar refractivity (Wildman–Crippen MR) is 61.5 cm³/mol. The lowest BCUT2D eigenvalue weighted by Crippen LogP contribution is -2.26. The summed E-state index contributed by atoms with van der Waals surface area (Å²) in [5.74, 6) is 6.58. The van der Waals surface area contributed by atoms with Crippen LogP contribution in [0, 0.1) is 0 Å². The van der Waals surface area contributed by atoms with Crippen LogP contribution in [0.25, 0.3) is 10.8 Å². The van der Waals surface area contributed by atoms with Crippen LogP contribution in [-0.4, -0.2) is 18.9 Å². The van der Waals surface area contributed by atoms with E-state index in [0.717, 1.165) is 10.1 Å². The van der Waals surface area contributed by atoms with E-state index in [0.29, 0.717) is 16.9 Å². The summed E-state index contributed by atoms with van der Waals surface area (Å²) in [6, 6.07) is 5.12. The summed E-state index contributed by atoms with van der Waals surface area (Å²) < 4.78 is 11.3. The average molecular weight is 220 g/mol. The molecule has 0 fully saturated rings. The number of methoxy groups -OCH3 is 2. The molecule has 1 aromatic heterocycles. The van der Waals surface area contributed by atoms with E-state index in [1.807, 2.05) is 0 Å². The molecule has 0 saturated heterocycles. The number of ether oxygens (including phenoxy) is 2. The van der Waals surface area contributed by atoms with Gasteiger partial charge in [-0.3, -0.25) is 4.79 Å². The lowest BCUT2D eigenvalue weighted by molar-refractivity contribution is 0.356. The minimum absolute atomic E-state index is 0.265. The van der Waals surface area contributed by atoms with Gasteiger partial charge in [0.2, 0.25) is 0 Å². The molecule has 2 N–H and O–H groups in total. The zero-order valence-corrected chi connectivity index (χ0v) is 9.06. The monoisotopic (exact) mass is 220 g/mol. The first-order valence-electron chi connectivity index (χ1n) is 4.70. The molecule has 0 aliphatic carbocycles. The molecule has 0 saturated carbocycles. The summed E-state index contributed by atoms with van der Waals surface area (Å²) in [6.07, 6.45) is 1.51.